The summed E-state index contributed by atoms with van der Waals surface area (Å²) in [5.74, 6) is -0.416. The summed E-state index contributed by atoms with van der Waals surface area (Å²) in [4.78, 5) is 2.23. The minimum Gasteiger partial charge on any atom is -0.394 e. The third kappa shape index (κ3) is 4.40. The molecule has 0 aliphatic carbocycles. The number of morpholine rings is 1. The van der Waals surface area contributed by atoms with Crippen LogP contribution in [0.25, 0.3) is 0 Å². The standard InChI is InChI=1S/C14H19ClFNO3/c15-12-9-11(1-2-13(12)16)14-10-17(4-7-20-14)3-6-19-8-5-18/h1-2,9,14,18H,3-8,10H2. The molecule has 1 saturated heterocycles. The molecular weight excluding hydrogens is 285 g/mol. The SMILES string of the molecule is OCCOCCN1CCOC(c2ccc(F)c(Cl)c2)C1. The van der Waals surface area contributed by atoms with Crippen molar-refractivity contribution >= 4 is 11.6 Å². The molecule has 0 aromatic heterocycles. The van der Waals surface area contributed by atoms with Crippen LogP contribution < -0.4 is 0 Å². The molecule has 0 bridgehead atoms. The molecule has 0 spiro atoms. The number of nitrogens with zero attached hydrogens (tertiary/aromatic N) is 1. The van der Waals surface area contributed by atoms with Gasteiger partial charge in [-0.2, -0.15) is 0 Å². The molecule has 0 saturated carbocycles. The number of hydrogen-bond donors (Lipinski definition) is 1. The first kappa shape index (κ1) is 15.7. The van der Waals surface area contributed by atoms with Crippen LogP contribution in [0.4, 0.5) is 4.39 Å². The van der Waals surface area contributed by atoms with Crippen molar-refractivity contribution in [3.8, 4) is 0 Å². The van der Waals surface area contributed by atoms with E-state index in [2.05, 4.69) is 4.90 Å². The molecule has 0 amide bonds. The lowest BCUT2D eigenvalue weighted by molar-refractivity contribution is -0.0389. The summed E-state index contributed by atoms with van der Waals surface area (Å²) in [6.07, 6.45) is -0.0975. The molecule has 2 rings (SSSR count). The molecule has 20 heavy (non-hydrogen) atoms. The van der Waals surface area contributed by atoms with Crippen molar-refractivity contribution < 1.29 is 19.0 Å². The zero-order chi connectivity index (χ0) is 14.4. The summed E-state index contributed by atoms with van der Waals surface area (Å²) in [6, 6.07) is 4.69. The van der Waals surface area contributed by atoms with E-state index < -0.39 is 5.82 Å². The van der Waals surface area contributed by atoms with Gasteiger partial charge in [-0.1, -0.05) is 17.7 Å². The van der Waals surface area contributed by atoms with Crippen LogP contribution in [0.15, 0.2) is 18.2 Å². The van der Waals surface area contributed by atoms with Crippen LogP contribution in [0.3, 0.4) is 0 Å². The van der Waals surface area contributed by atoms with Gasteiger partial charge in [-0.3, -0.25) is 4.90 Å². The highest BCUT2D eigenvalue weighted by molar-refractivity contribution is 6.30. The zero-order valence-electron chi connectivity index (χ0n) is 11.2. The predicted octanol–water partition coefficient (Wildman–Crippen LogP) is 1.86. The van der Waals surface area contributed by atoms with Gasteiger partial charge in [0.05, 0.1) is 37.6 Å². The second-order valence-electron chi connectivity index (χ2n) is 4.67. The minimum atomic E-state index is -0.416. The van der Waals surface area contributed by atoms with Crippen LogP contribution >= 0.6 is 11.6 Å². The number of aliphatic hydroxyl groups is 1. The van der Waals surface area contributed by atoms with E-state index in [1.165, 1.54) is 6.07 Å². The van der Waals surface area contributed by atoms with Crippen LogP contribution in [0.2, 0.25) is 5.02 Å². The quantitative estimate of drug-likeness (QED) is 0.815. The smallest absolute Gasteiger partial charge is 0.141 e. The van der Waals surface area contributed by atoms with Gasteiger partial charge in [-0.25, -0.2) is 4.39 Å². The molecule has 1 N–H and O–H groups in total. The van der Waals surface area contributed by atoms with E-state index in [9.17, 15) is 4.39 Å². The van der Waals surface area contributed by atoms with Gasteiger partial charge in [-0.15, -0.1) is 0 Å². The van der Waals surface area contributed by atoms with E-state index in [1.54, 1.807) is 12.1 Å². The Morgan fingerprint density at radius 1 is 1.45 bits per heavy atom. The van der Waals surface area contributed by atoms with Crippen molar-refractivity contribution in [2.24, 2.45) is 0 Å². The summed E-state index contributed by atoms with van der Waals surface area (Å²) in [5.41, 5.74) is 0.886. The van der Waals surface area contributed by atoms with Gasteiger partial charge in [0.2, 0.25) is 0 Å². The maximum atomic E-state index is 13.2. The number of ether oxygens (including phenoxy) is 2. The average Bonchev–Trinajstić information content (AvgIpc) is 2.47. The lowest BCUT2D eigenvalue weighted by atomic mass is 10.1. The maximum Gasteiger partial charge on any atom is 0.141 e. The Bertz CT molecular complexity index is 433. The number of aliphatic hydroxyl groups excluding tert-OH is 1. The van der Waals surface area contributed by atoms with Gasteiger partial charge in [-0.05, 0) is 17.7 Å². The molecule has 1 unspecified atom stereocenters. The summed E-state index contributed by atoms with van der Waals surface area (Å²) in [6.45, 7) is 3.96. The Labute approximate surface area is 123 Å². The third-order valence-corrected chi connectivity index (χ3v) is 3.54. The second-order valence-corrected chi connectivity index (χ2v) is 5.08. The molecule has 4 nitrogen and oxygen atoms in total. The van der Waals surface area contributed by atoms with E-state index in [0.717, 1.165) is 25.2 Å². The van der Waals surface area contributed by atoms with Crippen molar-refractivity contribution in [2.45, 2.75) is 6.10 Å². The van der Waals surface area contributed by atoms with Crippen molar-refractivity contribution in [3.05, 3.63) is 34.6 Å². The molecule has 1 aromatic carbocycles. The first-order chi connectivity index (χ1) is 9.70. The van der Waals surface area contributed by atoms with E-state index >= 15 is 0 Å². The minimum absolute atomic E-state index is 0.0415. The Balaban J connectivity index is 1.87. The van der Waals surface area contributed by atoms with Gasteiger partial charge < -0.3 is 14.6 Å². The zero-order valence-corrected chi connectivity index (χ0v) is 12.0. The van der Waals surface area contributed by atoms with Crippen molar-refractivity contribution in [2.75, 3.05) is 46.1 Å². The third-order valence-electron chi connectivity index (χ3n) is 3.25. The number of halogens is 2. The molecule has 1 aromatic rings. The lowest BCUT2D eigenvalue weighted by Gasteiger charge is -2.33. The van der Waals surface area contributed by atoms with Crippen molar-refractivity contribution in [3.63, 3.8) is 0 Å². The average molecular weight is 304 g/mol. The number of hydrogen-bond acceptors (Lipinski definition) is 4. The predicted molar refractivity (Wildman–Crippen MR) is 74.4 cm³/mol. The molecule has 6 heteroatoms. The lowest BCUT2D eigenvalue weighted by Crippen LogP contribution is -2.40. The fraction of sp³-hybridized carbons (Fsp3) is 0.571. The molecular formula is C14H19ClFNO3. The molecule has 112 valence electrons. The Kier molecular flexibility index (Phi) is 6.19. The summed E-state index contributed by atoms with van der Waals surface area (Å²) < 4.78 is 24.1. The first-order valence-corrected chi connectivity index (χ1v) is 7.06. The van der Waals surface area contributed by atoms with Gasteiger partial charge in [0.25, 0.3) is 0 Å². The van der Waals surface area contributed by atoms with E-state index in [4.69, 9.17) is 26.2 Å². The fourth-order valence-electron chi connectivity index (χ4n) is 2.18. The molecule has 1 heterocycles. The van der Waals surface area contributed by atoms with Crippen molar-refractivity contribution in [1.29, 1.82) is 0 Å². The fourth-order valence-corrected chi connectivity index (χ4v) is 2.37. The molecule has 1 fully saturated rings. The highest BCUT2D eigenvalue weighted by Gasteiger charge is 2.22. The summed E-state index contributed by atoms with van der Waals surface area (Å²) >= 11 is 5.80. The Morgan fingerprint density at radius 2 is 2.30 bits per heavy atom. The Morgan fingerprint density at radius 3 is 3.05 bits per heavy atom. The highest BCUT2D eigenvalue weighted by Crippen LogP contribution is 2.26. The second kappa shape index (κ2) is 7.90. The summed E-state index contributed by atoms with van der Waals surface area (Å²) in [5, 5.41) is 8.76. The molecule has 1 aliphatic heterocycles. The normalized spacial score (nSPS) is 20.2. The largest absolute Gasteiger partial charge is 0.394 e. The molecule has 0 radical (unpaired) electrons. The van der Waals surface area contributed by atoms with Crippen LogP contribution in [-0.4, -0.2) is 56.1 Å². The van der Waals surface area contributed by atoms with E-state index in [1.807, 2.05) is 0 Å². The van der Waals surface area contributed by atoms with Crippen LogP contribution in [-0.2, 0) is 9.47 Å². The highest BCUT2D eigenvalue weighted by atomic mass is 35.5. The van der Waals surface area contributed by atoms with Crippen molar-refractivity contribution in [1.82, 2.24) is 4.90 Å². The van der Waals surface area contributed by atoms with Gasteiger partial charge >= 0.3 is 0 Å². The monoisotopic (exact) mass is 303 g/mol. The van der Waals surface area contributed by atoms with E-state index in [0.29, 0.717) is 19.8 Å². The maximum absolute atomic E-state index is 13.2. The summed E-state index contributed by atoms with van der Waals surface area (Å²) in [7, 11) is 0. The topological polar surface area (TPSA) is 41.9 Å². The first-order valence-electron chi connectivity index (χ1n) is 6.68. The van der Waals surface area contributed by atoms with Gasteiger partial charge in [0.1, 0.15) is 5.82 Å². The van der Waals surface area contributed by atoms with Crippen LogP contribution in [0, 0.1) is 5.82 Å². The van der Waals surface area contributed by atoms with Crippen LogP contribution in [0.5, 0.6) is 0 Å². The van der Waals surface area contributed by atoms with Crippen LogP contribution in [0.1, 0.15) is 11.7 Å². The Hall–Kier alpha value is -0.720. The number of benzene rings is 1. The van der Waals surface area contributed by atoms with Gasteiger partial charge in [0.15, 0.2) is 0 Å². The van der Waals surface area contributed by atoms with E-state index in [-0.39, 0.29) is 17.7 Å². The van der Waals surface area contributed by atoms with Gasteiger partial charge in [0, 0.05) is 19.6 Å². The molecule has 1 atom stereocenters. The number of rotatable bonds is 6. The molecule has 1 aliphatic rings.